The predicted octanol–water partition coefficient (Wildman–Crippen LogP) is 1.95. The van der Waals surface area contributed by atoms with Crippen molar-refractivity contribution in [2.24, 2.45) is 0 Å². The molecule has 0 aliphatic carbocycles. The van der Waals surface area contributed by atoms with Crippen LogP contribution in [-0.2, 0) is 9.47 Å². The topological polar surface area (TPSA) is 60.5 Å². The second-order valence-electron chi connectivity index (χ2n) is 3.51. The van der Waals surface area contributed by atoms with E-state index in [0.29, 0.717) is 11.4 Å². The van der Waals surface area contributed by atoms with Gasteiger partial charge >= 0.3 is 5.97 Å². The number of esters is 1. The van der Waals surface area contributed by atoms with Crippen molar-refractivity contribution in [2.75, 3.05) is 31.7 Å². The molecule has 0 saturated heterocycles. The Morgan fingerprint density at radius 1 is 1.53 bits per heavy atom. The average Bonchev–Trinajstić information content (AvgIpc) is 2.38. The maximum atomic E-state index is 11.8. The third kappa shape index (κ3) is 5.60. The van der Waals surface area contributed by atoms with Crippen molar-refractivity contribution in [3.8, 4) is 0 Å². The van der Waals surface area contributed by atoms with Gasteiger partial charge in [0, 0.05) is 12.7 Å². The molecule has 0 unspecified atom stereocenters. The summed E-state index contributed by atoms with van der Waals surface area (Å²) in [6.07, 6.45) is -0.963. The van der Waals surface area contributed by atoms with Gasteiger partial charge in [-0.05, 0) is 19.1 Å². The fourth-order valence-electron chi connectivity index (χ4n) is 1.33. The van der Waals surface area contributed by atoms with E-state index in [2.05, 4.69) is 10.3 Å². The summed E-state index contributed by atoms with van der Waals surface area (Å²) in [6, 6.07) is 3.19. The number of aromatic nitrogens is 1. The Morgan fingerprint density at radius 2 is 2.32 bits per heavy atom. The number of carbonyl (C=O) groups excluding carboxylic acids is 1. The van der Waals surface area contributed by atoms with Crippen LogP contribution in [0, 0.1) is 0 Å². The van der Waals surface area contributed by atoms with Gasteiger partial charge in [0.2, 0.25) is 0 Å². The molecule has 0 radical (unpaired) electrons. The number of alkyl halides is 2. The zero-order chi connectivity index (χ0) is 14.1. The Hall–Kier alpha value is -1.76. The maximum Gasteiger partial charge on any atom is 0.341 e. The highest BCUT2D eigenvalue weighted by molar-refractivity contribution is 5.94. The normalized spacial score (nSPS) is 10.5. The molecule has 106 valence electrons. The Balaban J connectivity index is 2.47. The molecule has 0 saturated carbocycles. The number of nitrogens with zero attached hydrogens (tertiary/aromatic N) is 1. The van der Waals surface area contributed by atoms with Gasteiger partial charge in [0.05, 0.1) is 13.2 Å². The number of rotatable bonds is 8. The van der Waals surface area contributed by atoms with Gasteiger partial charge in [0.1, 0.15) is 18.0 Å². The minimum Gasteiger partial charge on any atom is -0.462 e. The van der Waals surface area contributed by atoms with E-state index in [-0.39, 0.29) is 19.8 Å². The van der Waals surface area contributed by atoms with E-state index in [1.807, 2.05) is 0 Å². The fraction of sp³-hybridized carbons (Fsp3) is 0.500. The van der Waals surface area contributed by atoms with Gasteiger partial charge in [0.15, 0.2) is 0 Å². The predicted molar refractivity (Wildman–Crippen MR) is 65.5 cm³/mol. The molecular weight excluding hydrogens is 258 g/mol. The first-order valence-electron chi connectivity index (χ1n) is 5.87. The van der Waals surface area contributed by atoms with E-state index in [0.717, 1.165) is 0 Å². The van der Waals surface area contributed by atoms with E-state index in [1.54, 1.807) is 19.1 Å². The third-order valence-electron chi connectivity index (χ3n) is 2.09. The largest absolute Gasteiger partial charge is 0.462 e. The van der Waals surface area contributed by atoms with Gasteiger partial charge in [-0.25, -0.2) is 18.6 Å². The summed E-state index contributed by atoms with van der Waals surface area (Å²) in [5.41, 5.74) is 0.304. The van der Waals surface area contributed by atoms with Crippen LogP contribution in [0.25, 0.3) is 0 Å². The molecule has 5 nitrogen and oxygen atoms in total. The first kappa shape index (κ1) is 15.3. The second-order valence-corrected chi connectivity index (χ2v) is 3.51. The molecule has 0 atom stereocenters. The highest BCUT2D eigenvalue weighted by atomic mass is 19.3. The molecule has 7 heteroatoms. The second kappa shape index (κ2) is 8.36. The van der Waals surface area contributed by atoms with E-state index in [4.69, 9.17) is 9.47 Å². The smallest absolute Gasteiger partial charge is 0.341 e. The average molecular weight is 274 g/mol. The lowest BCUT2D eigenvalue weighted by atomic mass is 10.2. The number of nitrogens with one attached hydrogen (secondary N) is 1. The van der Waals surface area contributed by atoms with Crippen LogP contribution in [0.4, 0.5) is 14.6 Å². The van der Waals surface area contributed by atoms with E-state index in [1.165, 1.54) is 6.20 Å². The van der Waals surface area contributed by atoms with Gasteiger partial charge < -0.3 is 14.8 Å². The van der Waals surface area contributed by atoms with Crippen LogP contribution in [0.1, 0.15) is 17.3 Å². The summed E-state index contributed by atoms with van der Waals surface area (Å²) >= 11 is 0. The molecule has 0 aliphatic rings. The van der Waals surface area contributed by atoms with Crippen LogP contribution in [0.3, 0.4) is 0 Å². The number of ether oxygens (including phenoxy) is 2. The van der Waals surface area contributed by atoms with Crippen molar-refractivity contribution < 1.29 is 23.0 Å². The van der Waals surface area contributed by atoms with Crippen molar-refractivity contribution in [2.45, 2.75) is 13.3 Å². The molecule has 19 heavy (non-hydrogen) atoms. The molecule has 1 aromatic heterocycles. The quantitative estimate of drug-likeness (QED) is 0.580. The molecule has 0 amide bonds. The zero-order valence-corrected chi connectivity index (χ0v) is 10.6. The molecule has 1 aromatic rings. The van der Waals surface area contributed by atoms with Crippen LogP contribution in [0.5, 0.6) is 0 Å². The van der Waals surface area contributed by atoms with E-state index < -0.39 is 19.0 Å². The van der Waals surface area contributed by atoms with Crippen molar-refractivity contribution in [3.63, 3.8) is 0 Å². The molecule has 1 rings (SSSR count). The Morgan fingerprint density at radius 3 is 3.00 bits per heavy atom. The standard InChI is InChI=1S/C12H16F2N2O3/c1-2-19-12(17)9-4-3-5-15-11(9)16-6-7-18-8-10(13)14/h3-5,10H,2,6-8H2,1H3,(H,15,16). The maximum absolute atomic E-state index is 11.8. The van der Waals surface area contributed by atoms with Gasteiger partial charge in [-0.1, -0.05) is 0 Å². The highest BCUT2D eigenvalue weighted by Gasteiger charge is 2.12. The zero-order valence-electron chi connectivity index (χ0n) is 10.6. The van der Waals surface area contributed by atoms with Crippen molar-refractivity contribution >= 4 is 11.8 Å². The minimum atomic E-state index is -2.48. The molecule has 0 aliphatic heterocycles. The Labute approximate surface area is 109 Å². The SMILES string of the molecule is CCOC(=O)c1cccnc1NCCOCC(F)F. The third-order valence-corrected chi connectivity index (χ3v) is 2.09. The summed E-state index contributed by atoms with van der Waals surface area (Å²) in [6.45, 7) is 1.75. The van der Waals surface area contributed by atoms with Gasteiger partial charge in [-0.3, -0.25) is 0 Å². The van der Waals surface area contributed by atoms with Crippen LogP contribution < -0.4 is 5.32 Å². The first-order valence-corrected chi connectivity index (χ1v) is 5.87. The lowest BCUT2D eigenvalue weighted by molar-refractivity contribution is 0.0214. The Kier molecular flexibility index (Phi) is 6.73. The highest BCUT2D eigenvalue weighted by Crippen LogP contribution is 2.12. The number of pyridine rings is 1. The first-order chi connectivity index (χ1) is 9.15. The van der Waals surface area contributed by atoms with E-state index in [9.17, 15) is 13.6 Å². The Bertz CT molecular complexity index is 402. The number of hydrogen-bond donors (Lipinski definition) is 1. The number of carbonyl (C=O) groups is 1. The lowest BCUT2D eigenvalue weighted by Gasteiger charge is -2.10. The van der Waals surface area contributed by atoms with Crippen LogP contribution >= 0.6 is 0 Å². The number of anilines is 1. The molecule has 0 spiro atoms. The van der Waals surface area contributed by atoms with Crippen molar-refractivity contribution in [1.82, 2.24) is 4.98 Å². The monoisotopic (exact) mass is 274 g/mol. The summed E-state index contributed by atoms with van der Waals surface area (Å²) in [5, 5.41) is 2.84. The molecular formula is C12H16F2N2O3. The van der Waals surface area contributed by atoms with Crippen LogP contribution in [0.2, 0.25) is 0 Å². The summed E-state index contributed by atoms with van der Waals surface area (Å²) in [7, 11) is 0. The lowest BCUT2D eigenvalue weighted by Crippen LogP contribution is -2.16. The van der Waals surface area contributed by atoms with Crippen LogP contribution in [-0.4, -0.2) is 43.7 Å². The molecule has 0 fully saturated rings. The summed E-state index contributed by atoms with van der Waals surface area (Å²) < 4.78 is 33.2. The van der Waals surface area contributed by atoms with Crippen LogP contribution in [0.15, 0.2) is 18.3 Å². The summed E-state index contributed by atoms with van der Waals surface area (Å²) in [5.74, 6) is -0.131. The number of halogens is 2. The van der Waals surface area contributed by atoms with Gasteiger partial charge in [-0.2, -0.15) is 0 Å². The van der Waals surface area contributed by atoms with Gasteiger partial charge in [-0.15, -0.1) is 0 Å². The van der Waals surface area contributed by atoms with Crippen molar-refractivity contribution in [3.05, 3.63) is 23.9 Å². The van der Waals surface area contributed by atoms with E-state index >= 15 is 0 Å². The fourth-order valence-corrected chi connectivity index (χ4v) is 1.33. The molecule has 1 N–H and O–H groups in total. The van der Waals surface area contributed by atoms with Gasteiger partial charge in [0.25, 0.3) is 6.43 Å². The molecule has 1 heterocycles. The summed E-state index contributed by atoms with van der Waals surface area (Å²) in [4.78, 5) is 15.6. The van der Waals surface area contributed by atoms with Crippen molar-refractivity contribution in [1.29, 1.82) is 0 Å². The number of hydrogen-bond acceptors (Lipinski definition) is 5. The molecule has 0 aromatic carbocycles. The minimum absolute atomic E-state index is 0.100. The molecule has 0 bridgehead atoms.